The summed E-state index contributed by atoms with van der Waals surface area (Å²) in [6, 6.07) is 6.23. The summed E-state index contributed by atoms with van der Waals surface area (Å²) in [5, 5.41) is 2.86. The molecule has 4 atom stereocenters. The van der Waals surface area contributed by atoms with Crippen molar-refractivity contribution in [3.05, 3.63) is 24.3 Å². The van der Waals surface area contributed by atoms with E-state index in [1.54, 1.807) is 37.3 Å². The Balaban J connectivity index is 1.60. The van der Waals surface area contributed by atoms with E-state index in [9.17, 15) is 14.4 Å². The summed E-state index contributed by atoms with van der Waals surface area (Å²) in [5.74, 6) is -0.356. The summed E-state index contributed by atoms with van der Waals surface area (Å²) in [5.41, 5.74) is 0.536. The highest BCUT2D eigenvalue weighted by molar-refractivity contribution is 6.02. The third-order valence-electron chi connectivity index (χ3n) is 7.49. The van der Waals surface area contributed by atoms with Gasteiger partial charge in [0, 0.05) is 26.3 Å². The molecule has 9 heteroatoms. The number of ether oxygens (including phenoxy) is 3. The van der Waals surface area contributed by atoms with Crippen LogP contribution >= 0.6 is 0 Å². The number of nitrogens with one attached hydrogen (secondary N) is 1. The van der Waals surface area contributed by atoms with Crippen molar-refractivity contribution in [1.82, 2.24) is 9.80 Å². The first kappa shape index (κ1) is 24.5. The van der Waals surface area contributed by atoms with Crippen LogP contribution in [-0.2, 0) is 19.1 Å². The maximum Gasteiger partial charge on any atom is 0.327 e. The van der Waals surface area contributed by atoms with E-state index in [2.05, 4.69) is 5.32 Å². The second-order valence-electron chi connectivity index (χ2n) is 9.35. The third kappa shape index (κ3) is 4.77. The highest BCUT2D eigenvalue weighted by atomic mass is 16.5. The molecule has 0 spiro atoms. The van der Waals surface area contributed by atoms with Gasteiger partial charge in [-0.15, -0.1) is 0 Å². The van der Waals surface area contributed by atoms with Crippen LogP contribution in [0.3, 0.4) is 0 Å². The quantitative estimate of drug-likeness (QED) is 0.654. The molecule has 0 bridgehead atoms. The van der Waals surface area contributed by atoms with Gasteiger partial charge in [-0.1, -0.05) is 31.4 Å². The van der Waals surface area contributed by atoms with Crippen molar-refractivity contribution < 1.29 is 28.6 Å². The van der Waals surface area contributed by atoms with E-state index >= 15 is 0 Å². The number of urea groups is 1. The van der Waals surface area contributed by atoms with Gasteiger partial charge in [-0.05, 0) is 37.8 Å². The molecule has 1 heterocycles. The van der Waals surface area contributed by atoms with Crippen LogP contribution in [0.2, 0.25) is 0 Å². The number of imide groups is 1. The molecule has 3 fully saturated rings. The first-order chi connectivity index (χ1) is 16.5. The molecule has 1 saturated heterocycles. The molecule has 0 radical (unpaired) electrons. The lowest BCUT2D eigenvalue weighted by Crippen LogP contribution is -2.68. The number of benzene rings is 1. The van der Waals surface area contributed by atoms with Gasteiger partial charge in [0.15, 0.2) is 0 Å². The van der Waals surface area contributed by atoms with E-state index in [4.69, 9.17) is 14.2 Å². The molecule has 1 aromatic carbocycles. The Kier molecular flexibility index (Phi) is 7.73. The summed E-state index contributed by atoms with van der Waals surface area (Å²) >= 11 is 0. The summed E-state index contributed by atoms with van der Waals surface area (Å²) in [4.78, 5) is 43.4. The molecule has 2 saturated carbocycles. The van der Waals surface area contributed by atoms with Crippen LogP contribution in [0.25, 0.3) is 0 Å². The van der Waals surface area contributed by atoms with E-state index < -0.39 is 12.0 Å². The number of carbonyl (C=O) groups is 3. The number of rotatable bonds is 7. The standard InChI is InChI=1S/C25H35N3O6/c1-32-20-12-8-7-11-18(20)26-23(29)15-27-19-14-22(34-3)21(33-2)13-17(19)24(30)28(25(27)31)16-9-5-4-6-10-16/h7-8,11-12,16-17,19,21-22H,4-6,9-10,13-15H2,1-3H3,(H,26,29). The predicted octanol–water partition coefficient (Wildman–Crippen LogP) is 3.04. The average Bonchev–Trinajstić information content (AvgIpc) is 2.86. The third-order valence-corrected chi connectivity index (χ3v) is 7.49. The highest BCUT2D eigenvalue weighted by Gasteiger charge is 2.53. The first-order valence-electron chi connectivity index (χ1n) is 12.1. The topological polar surface area (TPSA) is 97.4 Å². The Morgan fingerprint density at radius 1 is 1.00 bits per heavy atom. The van der Waals surface area contributed by atoms with E-state index in [1.807, 2.05) is 6.07 Å². The monoisotopic (exact) mass is 473 g/mol. The van der Waals surface area contributed by atoms with Crippen molar-refractivity contribution in [3.8, 4) is 5.75 Å². The lowest BCUT2D eigenvalue weighted by molar-refractivity contribution is -0.155. The van der Waals surface area contributed by atoms with Crippen molar-refractivity contribution in [2.75, 3.05) is 33.2 Å². The van der Waals surface area contributed by atoms with Gasteiger partial charge >= 0.3 is 6.03 Å². The second-order valence-corrected chi connectivity index (χ2v) is 9.35. The molecular weight excluding hydrogens is 438 g/mol. The van der Waals surface area contributed by atoms with Gasteiger partial charge in [0.05, 0.1) is 30.9 Å². The lowest BCUT2D eigenvalue weighted by Gasteiger charge is -2.51. The Hall–Kier alpha value is -2.65. The van der Waals surface area contributed by atoms with Crippen LogP contribution in [0.15, 0.2) is 24.3 Å². The van der Waals surface area contributed by atoms with E-state index in [0.717, 1.165) is 32.1 Å². The zero-order valence-electron chi connectivity index (χ0n) is 20.2. The van der Waals surface area contributed by atoms with Crippen LogP contribution in [-0.4, -0.2) is 79.8 Å². The largest absolute Gasteiger partial charge is 0.495 e. The van der Waals surface area contributed by atoms with Crippen LogP contribution < -0.4 is 10.1 Å². The number of hydrogen-bond acceptors (Lipinski definition) is 6. The fourth-order valence-electron chi connectivity index (χ4n) is 5.72. The molecule has 1 aliphatic heterocycles. The maximum absolute atomic E-state index is 13.7. The fourth-order valence-corrected chi connectivity index (χ4v) is 5.72. The van der Waals surface area contributed by atoms with E-state index in [1.165, 1.54) is 12.0 Å². The predicted molar refractivity (Wildman–Crippen MR) is 126 cm³/mol. The number of amides is 4. The van der Waals surface area contributed by atoms with E-state index in [-0.39, 0.29) is 42.6 Å². The molecule has 186 valence electrons. The van der Waals surface area contributed by atoms with Gasteiger partial charge < -0.3 is 24.4 Å². The van der Waals surface area contributed by atoms with Crippen molar-refractivity contribution in [3.63, 3.8) is 0 Å². The van der Waals surface area contributed by atoms with Crippen LogP contribution in [0.4, 0.5) is 10.5 Å². The van der Waals surface area contributed by atoms with Gasteiger partial charge in [-0.25, -0.2) is 4.79 Å². The molecule has 0 aromatic heterocycles. The number of fused-ring (bicyclic) bond motifs is 1. The Labute approximate surface area is 200 Å². The summed E-state index contributed by atoms with van der Waals surface area (Å²) < 4.78 is 16.6. The number of nitrogens with zero attached hydrogens (tertiary/aromatic N) is 2. The molecular formula is C25H35N3O6. The molecule has 3 aliphatic rings. The van der Waals surface area contributed by atoms with Crippen molar-refractivity contribution in [2.24, 2.45) is 5.92 Å². The zero-order chi connectivity index (χ0) is 24.2. The van der Waals surface area contributed by atoms with Gasteiger partial charge in [0.25, 0.3) is 0 Å². The molecule has 4 amide bonds. The molecule has 1 aromatic rings. The van der Waals surface area contributed by atoms with Crippen molar-refractivity contribution in [2.45, 2.75) is 69.2 Å². The molecule has 9 nitrogen and oxygen atoms in total. The number of anilines is 1. The normalized spacial score (nSPS) is 28.0. The minimum atomic E-state index is -0.421. The summed E-state index contributed by atoms with van der Waals surface area (Å²) in [6.45, 7) is -0.150. The number of methoxy groups -OCH3 is 3. The molecule has 1 N–H and O–H groups in total. The van der Waals surface area contributed by atoms with E-state index in [0.29, 0.717) is 24.3 Å². The minimum absolute atomic E-state index is 0.115. The van der Waals surface area contributed by atoms with Crippen molar-refractivity contribution in [1.29, 1.82) is 0 Å². The highest BCUT2D eigenvalue weighted by Crippen LogP contribution is 2.39. The molecule has 2 aliphatic carbocycles. The average molecular weight is 474 g/mol. The number of para-hydroxylation sites is 2. The first-order valence-corrected chi connectivity index (χ1v) is 12.1. The number of carbonyl (C=O) groups excluding carboxylic acids is 3. The van der Waals surface area contributed by atoms with Gasteiger partial charge in [0.2, 0.25) is 11.8 Å². The number of hydrogen-bond donors (Lipinski definition) is 1. The molecule has 4 unspecified atom stereocenters. The van der Waals surface area contributed by atoms with Gasteiger partial charge in [-0.2, -0.15) is 0 Å². The van der Waals surface area contributed by atoms with Gasteiger partial charge in [-0.3, -0.25) is 14.5 Å². The Morgan fingerprint density at radius 2 is 1.68 bits per heavy atom. The second kappa shape index (κ2) is 10.7. The molecule has 34 heavy (non-hydrogen) atoms. The maximum atomic E-state index is 13.7. The van der Waals surface area contributed by atoms with Crippen LogP contribution in [0.5, 0.6) is 5.75 Å². The summed E-state index contributed by atoms with van der Waals surface area (Å²) in [7, 11) is 4.76. The van der Waals surface area contributed by atoms with Crippen LogP contribution in [0, 0.1) is 5.92 Å². The SMILES string of the molecule is COc1ccccc1NC(=O)CN1C(=O)N(C2CCCCC2)C(=O)C2CC(OC)C(OC)CC21. The zero-order valence-corrected chi connectivity index (χ0v) is 20.2. The lowest BCUT2D eigenvalue weighted by atomic mass is 9.77. The summed E-state index contributed by atoms with van der Waals surface area (Å²) in [6.07, 6.45) is 5.14. The van der Waals surface area contributed by atoms with Crippen LogP contribution in [0.1, 0.15) is 44.9 Å². The Bertz CT molecular complexity index is 902. The Morgan fingerprint density at radius 3 is 2.35 bits per heavy atom. The van der Waals surface area contributed by atoms with Gasteiger partial charge in [0.1, 0.15) is 12.3 Å². The van der Waals surface area contributed by atoms with Crippen molar-refractivity contribution >= 4 is 23.5 Å². The minimum Gasteiger partial charge on any atom is -0.495 e. The fraction of sp³-hybridized carbons (Fsp3) is 0.640. The smallest absolute Gasteiger partial charge is 0.327 e. The molecule has 4 rings (SSSR count).